The molecule has 1 aromatic carbocycles. The molecule has 9 heteroatoms. The van der Waals surface area contributed by atoms with Crippen molar-refractivity contribution in [1.29, 1.82) is 0 Å². The van der Waals surface area contributed by atoms with Gasteiger partial charge in [-0.25, -0.2) is 0 Å². The topological polar surface area (TPSA) is 58.6 Å². The Bertz CT molecular complexity index is 893. The van der Waals surface area contributed by atoms with Crippen LogP contribution in [0.4, 0.5) is 18.9 Å². The number of methoxy groups -OCH3 is 1. The Morgan fingerprint density at radius 2 is 1.93 bits per heavy atom. The second-order valence-electron chi connectivity index (χ2n) is 7.26. The Morgan fingerprint density at radius 1 is 1.23 bits per heavy atom. The number of thiophene rings is 1. The van der Waals surface area contributed by atoms with Crippen LogP contribution in [0.5, 0.6) is 5.75 Å². The largest absolute Gasteiger partial charge is 0.495 e. The maximum absolute atomic E-state index is 13.6. The van der Waals surface area contributed by atoms with E-state index in [9.17, 15) is 22.8 Å². The molecule has 0 radical (unpaired) electrons. The number of hydrogen-bond acceptors (Lipinski definition) is 4. The van der Waals surface area contributed by atoms with Gasteiger partial charge in [-0.15, -0.1) is 11.3 Å². The number of rotatable bonds is 6. The van der Waals surface area contributed by atoms with Gasteiger partial charge in [0.1, 0.15) is 5.75 Å². The molecule has 1 saturated carbocycles. The van der Waals surface area contributed by atoms with E-state index in [0.717, 1.165) is 37.0 Å². The maximum Gasteiger partial charge on any atom is 0.471 e. The van der Waals surface area contributed by atoms with Crippen molar-refractivity contribution in [2.24, 2.45) is 0 Å². The molecule has 1 N–H and O–H groups in total. The summed E-state index contributed by atoms with van der Waals surface area (Å²) in [5.74, 6) is -2.68. The van der Waals surface area contributed by atoms with Crippen molar-refractivity contribution >= 4 is 28.8 Å². The minimum atomic E-state index is -5.17. The third kappa shape index (κ3) is 4.77. The van der Waals surface area contributed by atoms with Crippen molar-refractivity contribution in [3.05, 3.63) is 46.2 Å². The molecule has 0 spiro atoms. The molecule has 1 aliphatic rings. The third-order valence-electron chi connectivity index (χ3n) is 5.08. The first-order valence-electron chi connectivity index (χ1n) is 9.61. The van der Waals surface area contributed by atoms with E-state index in [2.05, 4.69) is 5.32 Å². The number of benzene rings is 1. The van der Waals surface area contributed by atoms with Gasteiger partial charge in [-0.05, 0) is 48.9 Å². The van der Waals surface area contributed by atoms with Crippen LogP contribution in [0.2, 0.25) is 0 Å². The summed E-state index contributed by atoms with van der Waals surface area (Å²) in [6.45, 7) is 1.69. The highest BCUT2D eigenvalue weighted by molar-refractivity contribution is 7.10. The molecule has 1 aromatic heterocycles. The van der Waals surface area contributed by atoms with Crippen LogP contribution in [0.1, 0.15) is 42.2 Å². The number of anilines is 1. The summed E-state index contributed by atoms with van der Waals surface area (Å²) in [7, 11) is 1.31. The molecule has 2 aromatic rings. The van der Waals surface area contributed by atoms with Gasteiger partial charge in [0.15, 0.2) is 6.04 Å². The fourth-order valence-corrected chi connectivity index (χ4v) is 4.47. The van der Waals surface area contributed by atoms with Crippen molar-refractivity contribution in [2.45, 2.75) is 50.9 Å². The Labute approximate surface area is 176 Å². The van der Waals surface area contributed by atoms with E-state index in [1.54, 1.807) is 30.5 Å². The van der Waals surface area contributed by atoms with Gasteiger partial charge in [-0.1, -0.05) is 25.0 Å². The lowest BCUT2D eigenvalue weighted by Crippen LogP contribution is -2.50. The van der Waals surface area contributed by atoms with Crippen molar-refractivity contribution < 1.29 is 27.5 Å². The average molecular weight is 440 g/mol. The first-order chi connectivity index (χ1) is 14.2. The zero-order valence-electron chi connectivity index (χ0n) is 16.7. The van der Waals surface area contributed by atoms with Crippen molar-refractivity contribution in [3.8, 4) is 5.75 Å². The summed E-state index contributed by atoms with van der Waals surface area (Å²) in [5, 5.41) is 4.50. The minimum absolute atomic E-state index is 0.0772. The Kier molecular flexibility index (Phi) is 6.70. The van der Waals surface area contributed by atoms with E-state index in [1.807, 2.05) is 0 Å². The number of amides is 2. The maximum atomic E-state index is 13.6. The Hall–Kier alpha value is -2.55. The van der Waals surface area contributed by atoms with Crippen LogP contribution >= 0.6 is 11.3 Å². The molecule has 0 unspecified atom stereocenters. The monoisotopic (exact) mass is 440 g/mol. The number of aryl methyl sites for hydroxylation is 1. The van der Waals surface area contributed by atoms with Crippen LogP contribution in [0.3, 0.4) is 0 Å². The zero-order valence-corrected chi connectivity index (χ0v) is 17.5. The number of halogens is 3. The lowest BCUT2D eigenvalue weighted by Gasteiger charge is -2.32. The number of ether oxygens (including phenoxy) is 1. The zero-order chi connectivity index (χ0) is 21.9. The molecule has 0 bridgehead atoms. The van der Waals surface area contributed by atoms with Gasteiger partial charge in [0, 0.05) is 10.9 Å². The quantitative estimate of drug-likeness (QED) is 0.705. The predicted octanol–water partition coefficient (Wildman–Crippen LogP) is 4.76. The number of carbonyl (C=O) groups excluding carboxylic acids is 2. The summed E-state index contributed by atoms with van der Waals surface area (Å²) in [6.07, 6.45) is -1.73. The van der Waals surface area contributed by atoms with Gasteiger partial charge in [0.05, 0.1) is 12.8 Å². The summed E-state index contributed by atoms with van der Waals surface area (Å²) in [6, 6.07) is 6.20. The van der Waals surface area contributed by atoms with E-state index in [1.165, 1.54) is 19.2 Å². The number of nitrogens with one attached hydrogen (secondary N) is 1. The summed E-state index contributed by atoms with van der Waals surface area (Å²) in [4.78, 5) is 26.7. The lowest BCUT2D eigenvalue weighted by molar-refractivity contribution is -0.171. The smallest absolute Gasteiger partial charge is 0.471 e. The molecule has 1 heterocycles. The van der Waals surface area contributed by atoms with Gasteiger partial charge < -0.3 is 10.1 Å². The summed E-state index contributed by atoms with van der Waals surface area (Å²) >= 11 is 1.12. The lowest BCUT2D eigenvalue weighted by atomic mass is 10.1. The molecule has 1 atom stereocenters. The Morgan fingerprint density at radius 3 is 2.50 bits per heavy atom. The average Bonchev–Trinajstić information content (AvgIpc) is 3.38. The first-order valence-corrected chi connectivity index (χ1v) is 10.5. The molecule has 2 amide bonds. The molecule has 1 aliphatic carbocycles. The van der Waals surface area contributed by atoms with Crippen LogP contribution in [0.25, 0.3) is 0 Å². The van der Waals surface area contributed by atoms with Crippen LogP contribution in [0.15, 0.2) is 35.7 Å². The predicted molar refractivity (Wildman–Crippen MR) is 109 cm³/mol. The van der Waals surface area contributed by atoms with Crippen molar-refractivity contribution in [2.75, 3.05) is 12.0 Å². The van der Waals surface area contributed by atoms with E-state index in [-0.39, 0.29) is 17.5 Å². The van der Waals surface area contributed by atoms with E-state index >= 15 is 0 Å². The second-order valence-corrected chi connectivity index (χ2v) is 8.24. The second kappa shape index (κ2) is 9.07. The van der Waals surface area contributed by atoms with Gasteiger partial charge in [0.25, 0.3) is 0 Å². The van der Waals surface area contributed by atoms with Crippen molar-refractivity contribution in [1.82, 2.24) is 5.32 Å². The molecule has 1 fully saturated rings. The SMILES string of the molecule is COc1ccc(C)cc1N(C(=O)C(F)(F)F)[C@H](C(=O)NC1CCCC1)c1cccs1. The van der Waals surface area contributed by atoms with Gasteiger partial charge in [-0.3, -0.25) is 14.5 Å². The molecule has 0 saturated heterocycles. The standard InChI is InChI=1S/C21H23F3N2O3S/c1-13-9-10-16(29-2)15(12-13)26(20(28)21(22,23)24)18(17-8-5-11-30-17)19(27)25-14-6-3-4-7-14/h5,8-12,14,18H,3-4,6-7H2,1-2H3,(H,25,27)/t18-/m0/s1. The van der Waals surface area contributed by atoms with Crippen LogP contribution in [-0.2, 0) is 9.59 Å². The number of alkyl halides is 3. The first kappa shape index (κ1) is 22.1. The number of carbonyl (C=O) groups is 2. The third-order valence-corrected chi connectivity index (χ3v) is 6.00. The van der Waals surface area contributed by atoms with Crippen LogP contribution in [0, 0.1) is 6.92 Å². The highest BCUT2D eigenvalue weighted by Crippen LogP contribution is 2.39. The molecule has 0 aliphatic heterocycles. The van der Waals surface area contributed by atoms with Gasteiger partial charge in [-0.2, -0.15) is 13.2 Å². The molecule has 162 valence electrons. The molecule has 5 nitrogen and oxygen atoms in total. The van der Waals surface area contributed by atoms with Gasteiger partial charge >= 0.3 is 12.1 Å². The fourth-order valence-electron chi connectivity index (χ4n) is 3.66. The normalized spacial score (nSPS) is 15.6. The van der Waals surface area contributed by atoms with Crippen LogP contribution in [-0.4, -0.2) is 31.1 Å². The number of hydrogen-bond donors (Lipinski definition) is 1. The summed E-state index contributed by atoms with van der Waals surface area (Å²) < 4.78 is 46.1. The fraction of sp³-hybridized carbons (Fsp3) is 0.429. The molecule has 30 heavy (non-hydrogen) atoms. The molecular weight excluding hydrogens is 417 g/mol. The van der Waals surface area contributed by atoms with Crippen molar-refractivity contribution in [3.63, 3.8) is 0 Å². The summed E-state index contributed by atoms with van der Waals surface area (Å²) in [5.41, 5.74) is 0.534. The van der Waals surface area contributed by atoms with E-state index < -0.39 is 24.0 Å². The van der Waals surface area contributed by atoms with E-state index in [0.29, 0.717) is 15.3 Å². The Balaban J connectivity index is 2.13. The number of nitrogens with zero attached hydrogens (tertiary/aromatic N) is 1. The van der Waals surface area contributed by atoms with E-state index in [4.69, 9.17) is 4.74 Å². The van der Waals surface area contributed by atoms with Gasteiger partial charge in [0.2, 0.25) is 5.91 Å². The molecular formula is C21H23F3N2O3S. The molecule has 3 rings (SSSR count). The van der Waals surface area contributed by atoms with Crippen LogP contribution < -0.4 is 15.0 Å². The minimum Gasteiger partial charge on any atom is -0.495 e. The highest BCUT2D eigenvalue weighted by Gasteiger charge is 2.48. The highest BCUT2D eigenvalue weighted by atomic mass is 32.1.